The van der Waals surface area contributed by atoms with E-state index in [1.165, 1.54) is 11.9 Å². The van der Waals surface area contributed by atoms with Crippen LogP contribution >= 0.6 is 0 Å². The van der Waals surface area contributed by atoms with Gasteiger partial charge in [0.1, 0.15) is 5.75 Å². The van der Waals surface area contributed by atoms with Crippen molar-refractivity contribution in [3.05, 3.63) is 46.5 Å². The number of rotatable bonds is 8. The van der Waals surface area contributed by atoms with Crippen LogP contribution in [-0.2, 0) is 9.59 Å². The molecule has 174 valence electrons. The summed E-state index contributed by atoms with van der Waals surface area (Å²) in [6, 6.07) is 7.15. The first kappa shape index (κ1) is 24.2. The van der Waals surface area contributed by atoms with Crippen molar-refractivity contribution in [1.29, 1.82) is 0 Å². The smallest absolute Gasteiger partial charge is 0.233 e. The maximum absolute atomic E-state index is 12.8. The summed E-state index contributed by atoms with van der Waals surface area (Å²) in [7, 11) is 1.50. The number of likely N-dealkylation sites (tertiary alicyclic amines) is 1. The highest BCUT2D eigenvalue weighted by molar-refractivity contribution is 6.05. The number of phenols is 1. The van der Waals surface area contributed by atoms with Crippen molar-refractivity contribution in [2.45, 2.75) is 52.6 Å². The number of hydrogen-bond donors (Lipinski definition) is 3. The van der Waals surface area contributed by atoms with Gasteiger partial charge in [-0.1, -0.05) is 56.2 Å². The third-order valence-electron chi connectivity index (χ3n) is 7.08. The van der Waals surface area contributed by atoms with Gasteiger partial charge in [-0.25, -0.2) is 0 Å². The number of phenolic OH excluding ortho intramolecular Hbond substituents is 1. The Balaban J connectivity index is 1.87. The van der Waals surface area contributed by atoms with Crippen LogP contribution in [0.5, 0.6) is 5.75 Å². The SMILES string of the molecule is CC/C(=C\c1ccccc1O)CC[C@@H](O)C1=C(C(C)C)C[C@H]2C(=O)N(C)C(=O)[C@H]2[C@H]1CO. The zero-order valence-corrected chi connectivity index (χ0v) is 19.4. The van der Waals surface area contributed by atoms with Gasteiger partial charge >= 0.3 is 0 Å². The molecule has 32 heavy (non-hydrogen) atoms. The molecule has 1 aliphatic carbocycles. The van der Waals surface area contributed by atoms with Gasteiger partial charge in [0.2, 0.25) is 11.8 Å². The van der Waals surface area contributed by atoms with Gasteiger partial charge in [0.15, 0.2) is 0 Å². The highest BCUT2D eigenvalue weighted by Crippen LogP contribution is 2.47. The standard InChI is InChI=1S/C26H35NO5/c1-5-16(12-17-8-6-7-9-21(17)29)10-11-22(30)23-18(15(2)3)13-19-24(20(23)14-28)26(32)27(4)25(19)31/h6-9,12,15,19-20,22,24,28-30H,5,10-11,13-14H2,1-4H3/b16-12+/t19-,20+,22-,24-/m1/s1. The molecule has 6 heteroatoms. The van der Waals surface area contributed by atoms with Crippen LogP contribution in [0.3, 0.4) is 0 Å². The summed E-state index contributed by atoms with van der Waals surface area (Å²) in [6.45, 7) is 5.82. The molecule has 0 radical (unpaired) electrons. The molecule has 1 aliphatic heterocycles. The van der Waals surface area contributed by atoms with Crippen molar-refractivity contribution in [3.8, 4) is 5.75 Å². The van der Waals surface area contributed by atoms with E-state index in [2.05, 4.69) is 0 Å². The first-order valence-corrected chi connectivity index (χ1v) is 11.5. The summed E-state index contributed by atoms with van der Waals surface area (Å²) < 4.78 is 0. The summed E-state index contributed by atoms with van der Waals surface area (Å²) in [4.78, 5) is 26.6. The van der Waals surface area contributed by atoms with Crippen LogP contribution in [0.2, 0.25) is 0 Å². The second-order valence-electron chi connectivity index (χ2n) is 9.27. The maximum Gasteiger partial charge on any atom is 0.233 e. The zero-order valence-electron chi connectivity index (χ0n) is 19.4. The van der Waals surface area contributed by atoms with E-state index in [9.17, 15) is 24.9 Å². The van der Waals surface area contributed by atoms with E-state index in [1.807, 2.05) is 39.0 Å². The minimum Gasteiger partial charge on any atom is -0.507 e. The molecular formula is C26H35NO5. The molecule has 3 rings (SSSR count). The second-order valence-corrected chi connectivity index (χ2v) is 9.27. The van der Waals surface area contributed by atoms with E-state index >= 15 is 0 Å². The molecule has 3 N–H and O–H groups in total. The fraction of sp³-hybridized carbons (Fsp3) is 0.538. The molecule has 6 nitrogen and oxygen atoms in total. The number of aliphatic hydroxyl groups is 2. The largest absolute Gasteiger partial charge is 0.507 e. The number of aliphatic hydroxyl groups excluding tert-OH is 2. The van der Waals surface area contributed by atoms with Crippen molar-refractivity contribution < 1.29 is 24.9 Å². The quantitative estimate of drug-likeness (QED) is 0.424. The molecule has 1 aromatic rings. The maximum atomic E-state index is 12.8. The van der Waals surface area contributed by atoms with Crippen LogP contribution < -0.4 is 0 Å². The van der Waals surface area contributed by atoms with Crippen molar-refractivity contribution in [2.75, 3.05) is 13.7 Å². The molecule has 0 aromatic heterocycles. The van der Waals surface area contributed by atoms with Gasteiger partial charge in [0, 0.05) is 18.5 Å². The topological polar surface area (TPSA) is 98.1 Å². The Morgan fingerprint density at radius 3 is 2.50 bits per heavy atom. The Hall–Kier alpha value is -2.44. The number of imide groups is 1. The zero-order chi connectivity index (χ0) is 23.6. The Morgan fingerprint density at radius 1 is 1.22 bits per heavy atom. The summed E-state index contributed by atoms with van der Waals surface area (Å²) in [5, 5.41) is 31.5. The van der Waals surface area contributed by atoms with E-state index in [0.717, 1.165) is 28.7 Å². The molecule has 0 saturated carbocycles. The molecular weight excluding hydrogens is 406 g/mol. The van der Waals surface area contributed by atoms with Gasteiger partial charge < -0.3 is 15.3 Å². The Bertz CT molecular complexity index is 932. The number of hydrogen-bond acceptors (Lipinski definition) is 5. The lowest BCUT2D eigenvalue weighted by atomic mass is 9.66. The average molecular weight is 442 g/mol. The van der Waals surface area contributed by atoms with Gasteiger partial charge in [-0.15, -0.1) is 0 Å². The third kappa shape index (κ3) is 4.52. The molecule has 0 bridgehead atoms. The van der Waals surface area contributed by atoms with E-state index in [4.69, 9.17) is 0 Å². The Morgan fingerprint density at radius 2 is 1.91 bits per heavy atom. The number of benzene rings is 1. The molecule has 0 unspecified atom stereocenters. The number of allylic oxidation sites excluding steroid dienone is 2. The van der Waals surface area contributed by atoms with Crippen LogP contribution in [-0.4, -0.2) is 51.8 Å². The second kappa shape index (κ2) is 10.0. The molecule has 2 aliphatic rings. The lowest BCUT2D eigenvalue weighted by Gasteiger charge is -2.38. The molecule has 1 heterocycles. The van der Waals surface area contributed by atoms with E-state index in [0.29, 0.717) is 19.3 Å². The lowest BCUT2D eigenvalue weighted by molar-refractivity contribution is -0.138. The summed E-state index contributed by atoms with van der Waals surface area (Å²) in [5.41, 5.74) is 3.56. The lowest BCUT2D eigenvalue weighted by Crippen LogP contribution is -2.39. The number of aromatic hydroxyl groups is 1. The molecule has 2 amide bonds. The normalized spacial score (nSPS) is 25.0. The predicted molar refractivity (Wildman–Crippen MR) is 123 cm³/mol. The van der Waals surface area contributed by atoms with Crippen molar-refractivity contribution in [3.63, 3.8) is 0 Å². The number of amides is 2. The van der Waals surface area contributed by atoms with Gasteiger partial charge in [-0.2, -0.15) is 0 Å². The summed E-state index contributed by atoms with van der Waals surface area (Å²) in [6.07, 6.45) is 3.45. The molecule has 0 spiro atoms. The van der Waals surface area contributed by atoms with Gasteiger partial charge in [0.05, 0.1) is 24.5 Å². The fourth-order valence-electron chi connectivity index (χ4n) is 5.26. The third-order valence-corrected chi connectivity index (χ3v) is 7.08. The van der Waals surface area contributed by atoms with Crippen LogP contribution in [0, 0.1) is 23.7 Å². The van der Waals surface area contributed by atoms with Crippen LogP contribution in [0.1, 0.15) is 52.0 Å². The monoisotopic (exact) mass is 441 g/mol. The Labute approximate surface area is 190 Å². The predicted octanol–water partition coefficient (Wildman–Crippen LogP) is 3.52. The van der Waals surface area contributed by atoms with Crippen LogP contribution in [0.15, 0.2) is 41.0 Å². The van der Waals surface area contributed by atoms with Crippen LogP contribution in [0.25, 0.3) is 6.08 Å². The number of fused-ring (bicyclic) bond motifs is 1. The first-order valence-electron chi connectivity index (χ1n) is 11.5. The van der Waals surface area contributed by atoms with Crippen molar-refractivity contribution in [1.82, 2.24) is 4.90 Å². The highest BCUT2D eigenvalue weighted by Gasteiger charge is 2.53. The highest BCUT2D eigenvalue weighted by atomic mass is 16.3. The fourth-order valence-corrected chi connectivity index (χ4v) is 5.26. The minimum atomic E-state index is -0.807. The number of carbonyl (C=O) groups excluding carboxylic acids is 2. The molecule has 1 fully saturated rings. The Kier molecular flexibility index (Phi) is 7.57. The number of carbonyl (C=O) groups is 2. The molecule has 4 atom stereocenters. The van der Waals surface area contributed by atoms with Crippen LogP contribution in [0.4, 0.5) is 0 Å². The van der Waals surface area contributed by atoms with Gasteiger partial charge in [-0.3, -0.25) is 14.5 Å². The number of para-hydroxylation sites is 1. The summed E-state index contributed by atoms with van der Waals surface area (Å²) >= 11 is 0. The number of nitrogens with zero attached hydrogens (tertiary/aromatic N) is 1. The summed E-state index contributed by atoms with van der Waals surface area (Å²) in [5.74, 6) is -1.74. The van der Waals surface area contributed by atoms with E-state index in [-0.39, 0.29) is 30.1 Å². The van der Waals surface area contributed by atoms with Gasteiger partial charge in [-0.05, 0) is 43.2 Å². The molecule has 1 aromatic carbocycles. The minimum absolute atomic E-state index is 0.103. The van der Waals surface area contributed by atoms with Crippen molar-refractivity contribution >= 4 is 17.9 Å². The average Bonchev–Trinajstić information content (AvgIpc) is 3.00. The van der Waals surface area contributed by atoms with E-state index < -0.39 is 23.9 Å². The van der Waals surface area contributed by atoms with Gasteiger partial charge in [0.25, 0.3) is 0 Å². The van der Waals surface area contributed by atoms with E-state index in [1.54, 1.807) is 12.1 Å². The first-order chi connectivity index (χ1) is 15.2. The van der Waals surface area contributed by atoms with Crippen molar-refractivity contribution in [2.24, 2.45) is 23.7 Å². The molecule has 1 saturated heterocycles.